The Morgan fingerprint density at radius 1 is 1.40 bits per heavy atom. The predicted molar refractivity (Wildman–Crippen MR) is 72.6 cm³/mol. The quantitative estimate of drug-likeness (QED) is 0.697. The number of amides is 1. The Morgan fingerprint density at radius 2 is 2.05 bits per heavy atom. The van der Waals surface area contributed by atoms with Gasteiger partial charge in [-0.1, -0.05) is 18.2 Å². The van der Waals surface area contributed by atoms with Gasteiger partial charge >= 0.3 is 5.97 Å². The van der Waals surface area contributed by atoms with Gasteiger partial charge in [-0.05, 0) is 37.8 Å². The molecule has 6 heteroatoms. The average Bonchev–Trinajstić information content (AvgIpc) is 2.39. The maximum absolute atomic E-state index is 13.4. The molecule has 0 aliphatic heterocycles. The zero-order valence-corrected chi connectivity index (χ0v) is 11.3. The number of halogens is 1. The number of rotatable bonds is 7. The maximum atomic E-state index is 13.4. The maximum Gasteiger partial charge on any atom is 0.326 e. The van der Waals surface area contributed by atoms with Gasteiger partial charge in [0.15, 0.2) is 0 Å². The summed E-state index contributed by atoms with van der Waals surface area (Å²) in [4.78, 5) is 22.4. The summed E-state index contributed by atoms with van der Waals surface area (Å²) in [6.45, 7) is 1.48. The number of carboxylic acid groups (broad SMARTS) is 1. The van der Waals surface area contributed by atoms with E-state index < -0.39 is 24.0 Å². The molecule has 0 radical (unpaired) electrons. The first kappa shape index (κ1) is 16.1. The van der Waals surface area contributed by atoms with Gasteiger partial charge in [-0.3, -0.25) is 4.79 Å². The van der Waals surface area contributed by atoms with Crippen LogP contribution in [0.25, 0.3) is 0 Å². The standard InChI is InChI=1S/C14H19FN2O3/c1-9(16)13(18)17-12(14(19)20)8-4-6-10-5-2-3-7-11(10)15/h2-3,5,7,9,12H,4,6,8,16H2,1H3,(H,17,18)(H,19,20)/t9-,12?/m1/s1. The van der Waals surface area contributed by atoms with Crippen LogP contribution in [0.1, 0.15) is 25.3 Å². The van der Waals surface area contributed by atoms with Crippen LogP contribution in [0.3, 0.4) is 0 Å². The van der Waals surface area contributed by atoms with Crippen molar-refractivity contribution in [1.82, 2.24) is 5.32 Å². The second-order valence-corrected chi connectivity index (χ2v) is 4.67. The summed E-state index contributed by atoms with van der Waals surface area (Å²) >= 11 is 0. The molecule has 0 spiro atoms. The van der Waals surface area contributed by atoms with Crippen LogP contribution in [0.2, 0.25) is 0 Å². The molecule has 0 fully saturated rings. The van der Waals surface area contributed by atoms with Crippen LogP contribution in [-0.4, -0.2) is 29.1 Å². The number of carbonyl (C=O) groups excluding carboxylic acids is 1. The smallest absolute Gasteiger partial charge is 0.326 e. The largest absolute Gasteiger partial charge is 0.480 e. The third kappa shape index (κ3) is 4.97. The zero-order chi connectivity index (χ0) is 15.1. The molecule has 0 heterocycles. The van der Waals surface area contributed by atoms with Crippen molar-refractivity contribution >= 4 is 11.9 Å². The molecular weight excluding hydrogens is 263 g/mol. The fourth-order valence-electron chi connectivity index (χ4n) is 1.76. The van der Waals surface area contributed by atoms with Crippen molar-refractivity contribution in [1.29, 1.82) is 0 Å². The van der Waals surface area contributed by atoms with Gasteiger partial charge in [0.2, 0.25) is 5.91 Å². The lowest BCUT2D eigenvalue weighted by atomic mass is 10.0. The first-order valence-corrected chi connectivity index (χ1v) is 6.44. The van der Waals surface area contributed by atoms with E-state index in [0.717, 1.165) is 0 Å². The number of carbonyl (C=O) groups is 2. The second kappa shape index (κ2) is 7.59. The molecule has 0 saturated carbocycles. The number of aliphatic carboxylic acids is 1. The molecule has 4 N–H and O–H groups in total. The first-order valence-electron chi connectivity index (χ1n) is 6.44. The van der Waals surface area contributed by atoms with E-state index in [1.165, 1.54) is 13.0 Å². The van der Waals surface area contributed by atoms with E-state index in [9.17, 15) is 14.0 Å². The van der Waals surface area contributed by atoms with Gasteiger partial charge in [0, 0.05) is 0 Å². The summed E-state index contributed by atoms with van der Waals surface area (Å²) in [6, 6.07) is 4.59. The van der Waals surface area contributed by atoms with Crippen LogP contribution in [0, 0.1) is 5.82 Å². The van der Waals surface area contributed by atoms with E-state index in [0.29, 0.717) is 18.4 Å². The van der Waals surface area contributed by atoms with Gasteiger partial charge in [-0.2, -0.15) is 0 Å². The van der Waals surface area contributed by atoms with Crippen LogP contribution in [0.5, 0.6) is 0 Å². The van der Waals surface area contributed by atoms with Crippen LogP contribution >= 0.6 is 0 Å². The molecule has 20 heavy (non-hydrogen) atoms. The van der Waals surface area contributed by atoms with E-state index in [1.54, 1.807) is 18.2 Å². The molecule has 1 rings (SSSR count). The highest BCUT2D eigenvalue weighted by Gasteiger charge is 2.21. The minimum atomic E-state index is -1.12. The van der Waals surface area contributed by atoms with Crippen LogP contribution in [-0.2, 0) is 16.0 Å². The Labute approximate surface area is 117 Å². The summed E-state index contributed by atoms with van der Waals surface area (Å²) in [6.07, 6.45) is 1.10. The van der Waals surface area contributed by atoms with Gasteiger partial charge < -0.3 is 16.2 Å². The number of hydrogen-bond donors (Lipinski definition) is 3. The molecule has 1 aromatic rings. The molecule has 1 unspecified atom stereocenters. The summed E-state index contributed by atoms with van der Waals surface area (Å²) in [5.41, 5.74) is 5.91. The Balaban J connectivity index is 2.50. The lowest BCUT2D eigenvalue weighted by Crippen LogP contribution is -2.47. The summed E-state index contributed by atoms with van der Waals surface area (Å²) in [7, 11) is 0. The van der Waals surface area contributed by atoms with Gasteiger partial charge in [0.25, 0.3) is 0 Å². The molecular formula is C14H19FN2O3. The highest BCUT2D eigenvalue weighted by Crippen LogP contribution is 2.11. The average molecular weight is 282 g/mol. The molecule has 0 saturated heterocycles. The fraction of sp³-hybridized carbons (Fsp3) is 0.429. The molecule has 0 aliphatic rings. The Hall–Kier alpha value is -1.95. The Morgan fingerprint density at radius 3 is 2.60 bits per heavy atom. The molecule has 0 aromatic heterocycles. The van der Waals surface area contributed by atoms with Crippen LogP contribution in [0.4, 0.5) is 4.39 Å². The van der Waals surface area contributed by atoms with Crippen molar-refractivity contribution in [3.63, 3.8) is 0 Å². The summed E-state index contributed by atoms with van der Waals surface area (Å²) in [5, 5.41) is 11.4. The third-order valence-electron chi connectivity index (χ3n) is 2.92. The summed E-state index contributed by atoms with van der Waals surface area (Å²) in [5.74, 6) is -1.94. The molecule has 0 aliphatic carbocycles. The van der Waals surface area contributed by atoms with Crippen molar-refractivity contribution in [3.8, 4) is 0 Å². The van der Waals surface area contributed by atoms with Crippen LogP contribution < -0.4 is 11.1 Å². The van der Waals surface area contributed by atoms with Gasteiger partial charge in [-0.25, -0.2) is 9.18 Å². The number of benzene rings is 1. The Bertz CT molecular complexity index is 477. The van der Waals surface area contributed by atoms with E-state index in [1.807, 2.05) is 0 Å². The van der Waals surface area contributed by atoms with Gasteiger partial charge in [0.05, 0.1) is 6.04 Å². The zero-order valence-electron chi connectivity index (χ0n) is 11.3. The SMILES string of the molecule is C[C@@H](N)C(=O)NC(CCCc1ccccc1F)C(=O)O. The minimum Gasteiger partial charge on any atom is -0.480 e. The van der Waals surface area contributed by atoms with Crippen molar-refractivity contribution in [2.45, 2.75) is 38.3 Å². The van der Waals surface area contributed by atoms with Crippen molar-refractivity contribution in [2.24, 2.45) is 5.73 Å². The Kier molecular flexibility index (Phi) is 6.11. The van der Waals surface area contributed by atoms with E-state index in [2.05, 4.69) is 5.32 Å². The first-order chi connectivity index (χ1) is 9.41. The second-order valence-electron chi connectivity index (χ2n) is 4.67. The van der Waals surface area contributed by atoms with Gasteiger partial charge in [0.1, 0.15) is 11.9 Å². The van der Waals surface area contributed by atoms with E-state index >= 15 is 0 Å². The van der Waals surface area contributed by atoms with Gasteiger partial charge in [-0.15, -0.1) is 0 Å². The number of nitrogens with two attached hydrogens (primary N) is 1. The number of aryl methyl sites for hydroxylation is 1. The van der Waals surface area contributed by atoms with Crippen molar-refractivity contribution < 1.29 is 19.1 Å². The highest BCUT2D eigenvalue weighted by molar-refractivity contribution is 5.86. The number of carboxylic acids is 1. The molecule has 1 amide bonds. The number of hydrogen-bond acceptors (Lipinski definition) is 3. The molecule has 110 valence electrons. The van der Waals surface area contributed by atoms with Crippen molar-refractivity contribution in [2.75, 3.05) is 0 Å². The molecule has 2 atom stereocenters. The number of nitrogens with one attached hydrogen (secondary N) is 1. The highest BCUT2D eigenvalue weighted by atomic mass is 19.1. The third-order valence-corrected chi connectivity index (χ3v) is 2.92. The molecule has 5 nitrogen and oxygen atoms in total. The molecule has 0 bridgehead atoms. The summed E-state index contributed by atoms with van der Waals surface area (Å²) < 4.78 is 13.4. The minimum absolute atomic E-state index is 0.224. The normalized spacial score (nSPS) is 13.6. The van der Waals surface area contributed by atoms with Crippen molar-refractivity contribution in [3.05, 3.63) is 35.6 Å². The topological polar surface area (TPSA) is 92.4 Å². The lowest BCUT2D eigenvalue weighted by molar-refractivity contribution is -0.142. The molecule has 1 aromatic carbocycles. The predicted octanol–water partition coefficient (Wildman–Crippen LogP) is 1.06. The van der Waals surface area contributed by atoms with E-state index in [4.69, 9.17) is 10.8 Å². The van der Waals surface area contributed by atoms with E-state index in [-0.39, 0.29) is 12.2 Å². The van der Waals surface area contributed by atoms with Crippen LogP contribution in [0.15, 0.2) is 24.3 Å². The fourth-order valence-corrected chi connectivity index (χ4v) is 1.76. The monoisotopic (exact) mass is 282 g/mol. The lowest BCUT2D eigenvalue weighted by Gasteiger charge is -2.16.